The smallest absolute Gasteiger partial charge is 0.238 e. The minimum Gasteiger partial charge on any atom is -0.494 e. The molecule has 2 aromatic rings. The van der Waals surface area contributed by atoms with Gasteiger partial charge in [-0.25, -0.2) is 13.6 Å². The van der Waals surface area contributed by atoms with Gasteiger partial charge < -0.3 is 10.1 Å². The maximum absolute atomic E-state index is 12.4. The quantitative estimate of drug-likeness (QED) is 0.686. The maximum Gasteiger partial charge on any atom is 0.238 e. The molecule has 1 amide bonds. The van der Waals surface area contributed by atoms with E-state index >= 15 is 0 Å². The van der Waals surface area contributed by atoms with Gasteiger partial charge in [0.1, 0.15) is 5.75 Å². The van der Waals surface area contributed by atoms with Gasteiger partial charge >= 0.3 is 0 Å². The Kier molecular flexibility index (Phi) is 6.89. The van der Waals surface area contributed by atoms with Gasteiger partial charge in [-0.2, -0.15) is 0 Å². The molecule has 2 aromatic carbocycles. The number of amides is 1. The number of carbonyl (C=O) groups excluding carboxylic acids is 1. The summed E-state index contributed by atoms with van der Waals surface area (Å²) < 4.78 is 28.1. The predicted octanol–water partition coefficient (Wildman–Crippen LogP) is 2.19. The third kappa shape index (κ3) is 5.79. The average molecular weight is 418 g/mol. The van der Waals surface area contributed by atoms with Crippen molar-refractivity contribution in [3.05, 3.63) is 59.7 Å². The molecule has 0 spiro atoms. The standard InChI is InChI=1S/C21H27N3O4S/c1-2-28-18-9-7-17(8-10-18)20-4-3-13-24(20)15-21(25)23-14-16-5-11-19(12-6-16)29(22,26)27/h5-12,20H,2-4,13-15H2,1H3,(H,23,25)(H2,22,26,27)/t20-/m1/s1. The number of hydrogen-bond donors (Lipinski definition) is 2. The molecule has 0 bridgehead atoms. The monoisotopic (exact) mass is 417 g/mol. The lowest BCUT2D eigenvalue weighted by molar-refractivity contribution is -0.122. The minimum atomic E-state index is -3.71. The second-order valence-corrected chi connectivity index (χ2v) is 8.66. The number of nitrogens with one attached hydrogen (secondary N) is 1. The van der Waals surface area contributed by atoms with Crippen LogP contribution in [0.15, 0.2) is 53.4 Å². The van der Waals surface area contributed by atoms with Crippen LogP contribution in [0.25, 0.3) is 0 Å². The van der Waals surface area contributed by atoms with E-state index in [4.69, 9.17) is 9.88 Å². The summed E-state index contributed by atoms with van der Waals surface area (Å²) in [6, 6.07) is 14.5. The van der Waals surface area contributed by atoms with Gasteiger partial charge in [0, 0.05) is 12.6 Å². The van der Waals surface area contributed by atoms with Crippen molar-refractivity contribution < 1.29 is 17.9 Å². The third-order valence-electron chi connectivity index (χ3n) is 5.03. The molecule has 29 heavy (non-hydrogen) atoms. The summed E-state index contributed by atoms with van der Waals surface area (Å²) in [4.78, 5) is 14.7. The molecule has 3 N–H and O–H groups in total. The summed E-state index contributed by atoms with van der Waals surface area (Å²) in [7, 11) is -3.71. The molecule has 0 aromatic heterocycles. The molecule has 7 nitrogen and oxygen atoms in total. The molecule has 3 rings (SSSR count). The van der Waals surface area contributed by atoms with Gasteiger partial charge in [0.05, 0.1) is 18.0 Å². The number of hydrogen-bond acceptors (Lipinski definition) is 5. The molecule has 0 radical (unpaired) electrons. The third-order valence-corrected chi connectivity index (χ3v) is 5.96. The fourth-order valence-corrected chi connectivity index (χ4v) is 4.10. The molecule has 0 unspecified atom stereocenters. The Labute approximate surface area is 171 Å². The van der Waals surface area contributed by atoms with Gasteiger partial charge in [-0.3, -0.25) is 9.69 Å². The van der Waals surface area contributed by atoms with E-state index in [1.54, 1.807) is 12.1 Å². The Morgan fingerprint density at radius 1 is 1.17 bits per heavy atom. The van der Waals surface area contributed by atoms with Crippen LogP contribution in [0.1, 0.15) is 36.9 Å². The molecule has 1 heterocycles. The molecule has 0 saturated carbocycles. The first kappa shape index (κ1) is 21.3. The number of rotatable bonds is 8. The molecule has 1 saturated heterocycles. The number of sulfonamides is 1. The molecule has 1 aliphatic rings. The van der Waals surface area contributed by atoms with Crippen LogP contribution < -0.4 is 15.2 Å². The van der Waals surface area contributed by atoms with Crippen LogP contribution >= 0.6 is 0 Å². The van der Waals surface area contributed by atoms with E-state index in [-0.39, 0.29) is 16.8 Å². The summed E-state index contributed by atoms with van der Waals surface area (Å²) in [5.41, 5.74) is 2.01. The first-order valence-electron chi connectivity index (χ1n) is 9.72. The Balaban J connectivity index is 1.54. The number of nitrogens with zero attached hydrogens (tertiary/aromatic N) is 1. The largest absolute Gasteiger partial charge is 0.494 e. The van der Waals surface area contributed by atoms with Crippen LogP contribution in [0.4, 0.5) is 0 Å². The van der Waals surface area contributed by atoms with E-state index in [9.17, 15) is 13.2 Å². The van der Waals surface area contributed by atoms with Crippen molar-refractivity contribution >= 4 is 15.9 Å². The van der Waals surface area contributed by atoms with Crippen molar-refractivity contribution in [3.63, 3.8) is 0 Å². The van der Waals surface area contributed by atoms with Gasteiger partial charge in [-0.15, -0.1) is 0 Å². The number of ether oxygens (including phenoxy) is 1. The van der Waals surface area contributed by atoms with Gasteiger partial charge in [-0.1, -0.05) is 24.3 Å². The molecule has 8 heteroatoms. The lowest BCUT2D eigenvalue weighted by Gasteiger charge is -2.24. The fourth-order valence-electron chi connectivity index (χ4n) is 3.58. The first-order chi connectivity index (χ1) is 13.9. The number of primary sulfonamides is 1. The van der Waals surface area contributed by atoms with Gasteiger partial charge in [-0.05, 0) is 61.7 Å². The summed E-state index contributed by atoms with van der Waals surface area (Å²) in [6.45, 7) is 4.15. The highest BCUT2D eigenvalue weighted by Gasteiger charge is 2.27. The van der Waals surface area contributed by atoms with Gasteiger partial charge in [0.2, 0.25) is 15.9 Å². The summed E-state index contributed by atoms with van der Waals surface area (Å²) >= 11 is 0. The van der Waals surface area contributed by atoms with Crippen molar-refractivity contribution in [2.75, 3.05) is 19.7 Å². The zero-order valence-corrected chi connectivity index (χ0v) is 17.3. The summed E-state index contributed by atoms with van der Waals surface area (Å²) in [5, 5.41) is 8.00. The predicted molar refractivity (Wildman–Crippen MR) is 111 cm³/mol. The topological polar surface area (TPSA) is 102 Å². The Morgan fingerprint density at radius 2 is 1.86 bits per heavy atom. The Hall–Kier alpha value is -2.42. The van der Waals surface area contributed by atoms with Gasteiger partial charge in [0.25, 0.3) is 0 Å². The van der Waals surface area contributed by atoms with Crippen molar-refractivity contribution in [2.45, 2.75) is 37.2 Å². The van der Waals surface area contributed by atoms with Crippen molar-refractivity contribution in [1.29, 1.82) is 0 Å². The second-order valence-electron chi connectivity index (χ2n) is 7.10. The SMILES string of the molecule is CCOc1ccc([C@H]2CCCN2CC(=O)NCc2ccc(S(N)(=O)=O)cc2)cc1. The van der Waals surface area contributed by atoms with E-state index in [1.807, 2.05) is 19.1 Å². The van der Waals surface area contributed by atoms with Crippen molar-refractivity contribution in [3.8, 4) is 5.75 Å². The number of benzene rings is 2. The van der Waals surface area contributed by atoms with Gasteiger partial charge in [0.15, 0.2) is 0 Å². The lowest BCUT2D eigenvalue weighted by atomic mass is 10.0. The van der Waals surface area contributed by atoms with Crippen LogP contribution in [-0.2, 0) is 21.4 Å². The molecule has 1 aliphatic heterocycles. The highest BCUT2D eigenvalue weighted by molar-refractivity contribution is 7.89. The Morgan fingerprint density at radius 3 is 2.48 bits per heavy atom. The number of carbonyl (C=O) groups is 1. The normalized spacial score (nSPS) is 17.2. The van der Waals surface area contributed by atoms with Crippen LogP contribution in [-0.4, -0.2) is 38.9 Å². The molecular formula is C21H27N3O4S. The summed E-state index contributed by atoms with van der Waals surface area (Å²) in [6.07, 6.45) is 2.08. The average Bonchev–Trinajstić information content (AvgIpc) is 3.15. The zero-order chi connectivity index (χ0) is 20.9. The van der Waals surface area contributed by atoms with Crippen LogP contribution in [0, 0.1) is 0 Å². The van der Waals surface area contributed by atoms with E-state index in [2.05, 4.69) is 22.3 Å². The lowest BCUT2D eigenvalue weighted by Crippen LogP contribution is -2.36. The summed E-state index contributed by atoms with van der Waals surface area (Å²) in [5.74, 6) is 0.797. The van der Waals surface area contributed by atoms with Crippen LogP contribution in [0.2, 0.25) is 0 Å². The zero-order valence-electron chi connectivity index (χ0n) is 16.5. The molecule has 0 aliphatic carbocycles. The van der Waals surface area contributed by atoms with Crippen LogP contribution in [0.3, 0.4) is 0 Å². The highest BCUT2D eigenvalue weighted by atomic mass is 32.2. The van der Waals surface area contributed by atoms with Crippen molar-refractivity contribution in [1.82, 2.24) is 10.2 Å². The van der Waals surface area contributed by atoms with E-state index in [1.165, 1.54) is 17.7 Å². The highest BCUT2D eigenvalue weighted by Crippen LogP contribution is 2.32. The van der Waals surface area contributed by atoms with E-state index < -0.39 is 10.0 Å². The van der Waals surface area contributed by atoms with Crippen LogP contribution in [0.5, 0.6) is 5.75 Å². The van der Waals surface area contributed by atoms with E-state index in [0.717, 1.165) is 30.7 Å². The second kappa shape index (κ2) is 9.39. The fraction of sp³-hybridized carbons (Fsp3) is 0.381. The van der Waals surface area contributed by atoms with E-state index in [0.29, 0.717) is 19.7 Å². The minimum absolute atomic E-state index is 0.0571. The molecule has 1 fully saturated rings. The molecule has 156 valence electrons. The maximum atomic E-state index is 12.4. The van der Waals surface area contributed by atoms with Crippen molar-refractivity contribution in [2.24, 2.45) is 5.14 Å². The molecular weight excluding hydrogens is 390 g/mol. The first-order valence-corrected chi connectivity index (χ1v) is 11.3. The number of nitrogens with two attached hydrogens (primary N) is 1. The Bertz CT molecular complexity index is 927. The molecule has 1 atom stereocenters. The number of likely N-dealkylation sites (tertiary alicyclic amines) is 1.